The van der Waals surface area contributed by atoms with Gasteiger partial charge in [-0.15, -0.1) is 0 Å². The van der Waals surface area contributed by atoms with Crippen LogP contribution in [0.25, 0.3) is 0 Å². The van der Waals surface area contributed by atoms with E-state index in [1.807, 2.05) is 20.8 Å². The lowest BCUT2D eigenvalue weighted by Gasteiger charge is -2.32. The van der Waals surface area contributed by atoms with Crippen LogP contribution < -0.4 is 5.73 Å². The quantitative estimate of drug-likeness (QED) is 0.627. The molecule has 21 heavy (non-hydrogen) atoms. The minimum Gasteiger partial charge on any atom is -0.444 e. The number of ether oxygens (including phenoxy) is 1. The van der Waals surface area contributed by atoms with E-state index in [1.165, 1.54) is 4.68 Å². The van der Waals surface area contributed by atoms with Crippen molar-refractivity contribution < 1.29 is 9.53 Å². The van der Waals surface area contributed by atoms with Crippen molar-refractivity contribution in [1.29, 1.82) is 0 Å². The van der Waals surface area contributed by atoms with Crippen molar-refractivity contribution in [2.75, 3.05) is 13.1 Å². The van der Waals surface area contributed by atoms with Gasteiger partial charge in [-0.25, -0.2) is 14.5 Å². The summed E-state index contributed by atoms with van der Waals surface area (Å²) in [4.78, 5) is 18.2. The normalized spacial score (nSPS) is 20.4. The highest BCUT2D eigenvalue weighted by molar-refractivity contribution is 5.79. The zero-order valence-electron chi connectivity index (χ0n) is 12.8. The van der Waals surface area contributed by atoms with Gasteiger partial charge < -0.3 is 15.4 Å². The van der Waals surface area contributed by atoms with Crippen molar-refractivity contribution in [1.82, 2.24) is 14.7 Å². The summed E-state index contributed by atoms with van der Waals surface area (Å²) in [5.74, 6) is 0.344. The van der Waals surface area contributed by atoms with Gasteiger partial charge in [0.25, 0.3) is 0 Å². The molecule has 1 saturated heterocycles. The molecular formula is C14H23N5O2. The van der Waals surface area contributed by atoms with Crippen LogP contribution >= 0.6 is 0 Å². The Kier molecular flexibility index (Phi) is 4.50. The molecule has 1 aromatic heterocycles. The molecule has 0 aromatic carbocycles. The Labute approximate surface area is 124 Å². The number of likely N-dealkylation sites (tertiary alicyclic amines) is 1. The first-order chi connectivity index (χ1) is 9.85. The van der Waals surface area contributed by atoms with Crippen molar-refractivity contribution in [3.8, 4) is 0 Å². The summed E-state index contributed by atoms with van der Waals surface area (Å²) in [7, 11) is 0. The maximum atomic E-state index is 12.1. The Bertz CT molecular complexity index is 504. The monoisotopic (exact) mass is 293 g/mol. The van der Waals surface area contributed by atoms with Crippen molar-refractivity contribution in [2.24, 2.45) is 10.7 Å². The van der Waals surface area contributed by atoms with Crippen molar-refractivity contribution in [3.05, 3.63) is 18.5 Å². The third-order valence-corrected chi connectivity index (χ3v) is 3.10. The molecule has 1 aliphatic heterocycles. The van der Waals surface area contributed by atoms with E-state index in [9.17, 15) is 4.79 Å². The SMILES string of the molecule is CC(C)(C)OC(=O)N1CCC[C@@H](N=C(N)n2cccn2)C1. The second-order valence-electron chi connectivity index (χ2n) is 6.16. The molecule has 1 amide bonds. The van der Waals surface area contributed by atoms with E-state index in [0.29, 0.717) is 19.0 Å². The van der Waals surface area contributed by atoms with Gasteiger partial charge in [-0.1, -0.05) is 0 Å². The number of piperidine rings is 1. The maximum Gasteiger partial charge on any atom is 0.410 e. The van der Waals surface area contributed by atoms with Crippen LogP contribution in [0.1, 0.15) is 33.6 Å². The van der Waals surface area contributed by atoms with E-state index in [-0.39, 0.29) is 12.1 Å². The van der Waals surface area contributed by atoms with E-state index in [2.05, 4.69) is 10.1 Å². The maximum absolute atomic E-state index is 12.1. The Morgan fingerprint density at radius 1 is 1.48 bits per heavy atom. The van der Waals surface area contributed by atoms with E-state index >= 15 is 0 Å². The molecule has 0 aliphatic carbocycles. The van der Waals surface area contributed by atoms with E-state index in [0.717, 1.165) is 12.8 Å². The Morgan fingerprint density at radius 2 is 2.24 bits per heavy atom. The highest BCUT2D eigenvalue weighted by Crippen LogP contribution is 2.17. The molecule has 1 fully saturated rings. The number of carbonyl (C=O) groups is 1. The molecule has 0 unspecified atom stereocenters. The number of hydrogen-bond acceptors (Lipinski definition) is 4. The molecular weight excluding hydrogens is 270 g/mol. The number of nitrogens with two attached hydrogens (primary N) is 1. The van der Waals surface area contributed by atoms with Crippen LogP contribution in [-0.2, 0) is 4.74 Å². The molecule has 2 N–H and O–H groups in total. The number of aromatic nitrogens is 2. The lowest BCUT2D eigenvalue weighted by atomic mass is 10.1. The molecule has 2 heterocycles. The summed E-state index contributed by atoms with van der Waals surface area (Å²) < 4.78 is 6.91. The predicted molar refractivity (Wildman–Crippen MR) is 80.1 cm³/mol. The number of carbonyl (C=O) groups excluding carboxylic acids is 1. The largest absolute Gasteiger partial charge is 0.444 e. The number of nitrogens with zero attached hydrogens (tertiary/aromatic N) is 4. The summed E-state index contributed by atoms with van der Waals surface area (Å²) in [5.41, 5.74) is 5.42. The molecule has 7 heteroatoms. The highest BCUT2D eigenvalue weighted by atomic mass is 16.6. The minimum absolute atomic E-state index is 0.0181. The van der Waals surface area contributed by atoms with Crippen molar-refractivity contribution >= 4 is 12.1 Å². The fraction of sp³-hybridized carbons (Fsp3) is 0.643. The lowest BCUT2D eigenvalue weighted by molar-refractivity contribution is 0.0201. The summed E-state index contributed by atoms with van der Waals surface area (Å²) in [6.45, 7) is 6.81. The van der Waals surface area contributed by atoms with Crippen LogP contribution in [0.2, 0.25) is 0 Å². The predicted octanol–water partition coefficient (Wildman–Crippen LogP) is 1.45. The van der Waals surface area contributed by atoms with Crippen molar-refractivity contribution in [2.45, 2.75) is 45.3 Å². The molecule has 2 rings (SSSR count). The number of rotatable bonds is 1. The van der Waals surface area contributed by atoms with Gasteiger partial charge in [0, 0.05) is 25.5 Å². The third kappa shape index (κ3) is 4.47. The highest BCUT2D eigenvalue weighted by Gasteiger charge is 2.27. The Balaban J connectivity index is 1.98. The van der Waals surface area contributed by atoms with Gasteiger partial charge in [-0.2, -0.15) is 5.10 Å². The van der Waals surface area contributed by atoms with E-state index in [4.69, 9.17) is 10.5 Å². The standard InChI is InChI=1S/C14H23N5O2/c1-14(2,3)21-13(20)18-8-4-6-11(10-18)17-12(15)19-9-5-7-16-19/h5,7,9,11H,4,6,8,10H2,1-3H3,(H2,15,17)/t11-/m1/s1. The number of amides is 1. The fourth-order valence-corrected chi connectivity index (χ4v) is 2.20. The summed E-state index contributed by atoms with van der Waals surface area (Å²) in [6.07, 6.45) is 4.89. The number of hydrogen-bond donors (Lipinski definition) is 1. The van der Waals surface area contributed by atoms with Crippen LogP contribution in [-0.4, -0.2) is 51.5 Å². The van der Waals surface area contributed by atoms with Crippen LogP contribution in [0.3, 0.4) is 0 Å². The zero-order chi connectivity index (χ0) is 15.5. The summed E-state index contributed by atoms with van der Waals surface area (Å²) >= 11 is 0. The van der Waals surface area contributed by atoms with Crippen LogP contribution in [0.15, 0.2) is 23.5 Å². The molecule has 116 valence electrons. The zero-order valence-corrected chi connectivity index (χ0v) is 12.8. The first-order valence-electron chi connectivity index (χ1n) is 7.16. The Morgan fingerprint density at radius 3 is 2.86 bits per heavy atom. The second-order valence-corrected chi connectivity index (χ2v) is 6.16. The van der Waals surface area contributed by atoms with Gasteiger partial charge in [0.15, 0.2) is 0 Å². The molecule has 1 atom stereocenters. The second kappa shape index (κ2) is 6.15. The van der Waals surface area contributed by atoms with E-state index in [1.54, 1.807) is 23.4 Å². The summed E-state index contributed by atoms with van der Waals surface area (Å²) in [5, 5.41) is 4.04. The topological polar surface area (TPSA) is 85.7 Å². The number of aliphatic imine (C=N–C) groups is 1. The molecule has 1 aliphatic rings. The summed E-state index contributed by atoms with van der Waals surface area (Å²) in [6, 6.07) is 1.77. The Hall–Kier alpha value is -2.05. The molecule has 0 bridgehead atoms. The van der Waals surface area contributed by atoms with Gasteiger partial charge in [0.1, 0.15) is 5.60 Å². The fourth-order valence-electron chi connectivity index (χ4n) is 2.20. The van der Waals surface area contributed by atoms with Crippen molar-refractivity contribution in [3.63, 3.8) is 0 Å². The third-order valence-electron chi connectivity index (χ3n) is 3.10. The average Bonchev–Trinajstić information content (AvgIpc) is 2.91. The van der Waals surface area contributed by atoms with Gasteiger partial charge >= 0.3 is 6.09 Å². The molecule has 0 spiro atoms. The minimum atomic E-state index is -0.485. The van der Waals surface area contributed by atoms with Crippen LogP contribution in [0.4, 0.5) is 4.79 Å². The van der Waals surface area contributed by atoms with Gasteiger partial charge in [-0.3, -0.25) is 0 Å². The average molecular weight is 293 g/mol. The first kappa shape index (κ1) is 15.3. The van der Waals surface area contributed by atoms with E-state index < -0.39 is 5.60 Å². The van der Waals surface area contributed by atoms with Gasteiger partial charge in [0.05, 0.1) is 6.04 Å². The molecule has 7 nitrogen and oxygen atoms in total. The lowest BCUT2D eigenvalue weighted by Crippen LogP contribution is -2.44. The van der Waals surface area contributed by atoms with Crippen LogP contribution in [0, 0.1) is 0 Å². The molecule has 0 radical (unpaired) electrons. The van der Waals surface area contributed by atoms with Gasteiger partial charge in [0.2, 0.25) is 5.96 Å². The molecule has 0 saturated carbocycles. The molecule has 1 aromatic rings. The smallest absolute Gasteiger partial charge is 0.410 e. The van der Waals surface area contributed by atoms with Gasteiger partial charge in [-0.05, 0) is 39.7 Å². The van der Waals surface area contributed by atoms with Crippen LogP contribution in [0.5, 0.6) is 0 Å². The first-order valence-corrected chi connectivity index (χ1v) is 7.16.